The van der Waals surface area contributed by atoms with Crippen LogP contribution in [0, 0.1) is 0 Å². The molecule has 1 amide bonds. The van der Waals surface area contributed by atoms with Crippen LogP contribution in [0.1, 0.15) is 25.8 Å². The summed E-state index contributed by atoms with van der Waals surface area (Å²) in [6, 6.07) is 1.22. The Kier molecular flexibility index (Phi) is 2.41. The summed E-state index contributed by atoms with van der Waals surface area (Å²) < 4.78 is 1.49. The maximum Gasteiger partial charge on any atom is 0.329 e. The van der Waals surface area contributed by atoms with Gasteiger partial charge in [-0.05, 0) is 25.8 Å². The highest BCUT2D eigenvalue weighted by Crippen LogP contribution is 2.35. The number of carbonyl (C=O) groups excluding carboxylic acids is 1. The standard InChI is InChI=1S/C10H13N3O3/c1-7(13-6-2-5-11-13)8(14)12-10(3-4-10)9(15)16/h2,5-7H,3-4H2,1H3,(H,12,14)(H,15,16). The quantitative estimate of drug-likeness (QED) is 0.762. The molecule has 0 spiro atoms. The van der Waals surface area contributed by atoms with E-state index in [9.17, 15) is 9.59 Å². The summed E-state index contributed by atoms with van der Waals surface area (Å²) in [4.78, 5) is 22.7. The molecular weight excluding hydrogens is 210 g/mol. The van der Waals surface area contributed by atoms with E-state index in [1.54, 1.807) is 25.4 Å². The minimum absolute atomic E-state index is 0.316. The number of aromatic nitrogens is 2. The number of rotatable bonds is 4. The van der Waals surface area contributed by atoms with E-state index in [1.807, 2.05) is 0 Å². The maximum atomic E-state index is 11.8. The number of amides is 1. The van der Waals surface area contributed by atoms with Crippen LogP contribution in [0.4, 0.5) is 0 Å². The Morgan fingerprint density at radius 3 is 2.69 bits per heavy atom. The number of aliphatic carboxylic acids is 1. The summed E-state index contributed by atoms with van der Waals surface area (Å²) in [6.07, 6.45) is 4.25. The molecular formula is C10H13N3O3. The lowest BCUT2D eigenvalue weighted by Crippen LogP contribution is -2.45. The number of hydrogen-bond acceptors (Lipinski definition) is 3. The van der Waals surface area contributed by atoms with E-state index < -0.39 is 17.6 Å². The van der Waals surface area contributed by atoms with E-state index >= 15 is 0 Å². The molecule has 0 radical (unpaired) electrons. The Morgan fingerprint density at radius 1 is 1.56 bits per heavy atom. The Hall–Kier alpha value is -1.85. The van der Waals surface area contributed by atoms with E-state index in [0.29, 0.717) is 12.8 Å². The van der Waals surface area contributed by atoms with Crippen molar-refractivity contribution in [2.75, 3.05) is 0 Å². The van der Waals surface area contributed by atoms with Crippen LogP contribution < -0.4 is 5.32 Å². The zero-order valence-electron chi connectivity index (χ0n) is 8.88. The van der Waals surface area contributed by atoms with Crippen LogP contribution in [0.3, 0.4) is 0 Å². The highest BCUT2D eigenvalue weighted by Gasteiger charge is 2.52. The molecule has 0 bridgehead atoms. The van der Waals surface area contributed by atoms with Gasteiger partial charge in [0.15, 0.2) is 0 Å². The van der Waals surface area contributed by atoms with Gasteiger partial charge >= 0.3 is 5.97 Å². The van der Waals surface area contributed by atoms with Gasteiger partial charge in [0.05, 0.1) is 0 Å². The first-order valence-corrected chi connectivity index (χ1v) is 5.10. The average molecular weight is 223 g/mol. The lowest BCUT2D eigenvalue weighted by Gasteiger charge is -2.17. The third-order valence-electron chi connectivity index (χ3n) is 2.82. The molecule has 0 aromatic carbocycles. The van der Waals surface area contributed by atoms with Crippen LogP contribution in [-0.2, 0) is 9.59 Å². The van der Waals surface area contributed by atoms with Gasteiger partial charge in [-0.15, -0.1) is 0 Å². The topological polar surface area (TPSA) is 84.2 Å². The Labute approximate surface area is 92.3 Å². The summed E-state index contributed by atoms with van der Waals surface area (Å²) >= 11 is 0. The number of nitrogens with one attached hydrogen (secondary N) is 1. The molecule has 0 aliphatic heterocycles. The minimum Gasteiger partial charge on any atom is -0.480 e. The first-order chi connectivity index (χ1) is 7.55. The summed E-state index contributed by atoms with van der Waals surface area (Å²) in [7, 11) is 0. The van der Waals surface area contributed by atoms with Crippen LogP contribution in [0.25, 0.3) is 0 Å². The minimum atomic E-state index is -1.03. The van der Waals surface area contributed by atoms with Gasteiger partial charge in [0, 0.05) is 12.4 Å². The monoisotopic (exact) mass is 223 g/mol. The van der Waals surface area contributed by atoms with Crippen molar-refractivity contribution in [2.24, 2.45) is 0 Å². The van der Waals surface area contributed by atoms with Crippen molar-refractivity contribution in [1.29, 1.82) is 0 Å². The molecule has 2 rings (SSSR count). The van der Waals surface area contributed by atoms with E-state index in [4.69, 9.17) is 5.11 Å². The molecule has 1 atom stereocenters. The van der Waals surface area contributed by atoms with E-state index in [-0.39, 0.29) is 5.91 Å². The lowest BCUT2D eigenvalue weighted by atomic mass is 10.2. The van der Waals surface area contributed by atoms with Gasteiger partial charge in [-0.2, -0.15) is 5.10 Å². The molecule has 2 N–H and O–H groups in total. The van der Waals surface area contributed by atoms with Gasteiger partial charge in [-0.1, -0.05) is 0 Å². The zero-order chi connectivity index (χ0) is 11.8. The number of carbonyl (C=O) groups is 2. The van der Waals surface area contributed by atoms with Gasteiger partial charge < -0.3 is 10.4 Å². The van der Waals surface area contributed by atoms with Crippen LogP contribution in [-0.4, -0.2) is 32.3 Å². The molecule has 1 aromatic heterocycles. The predicted molar refractivity (Wildman–Crippen MR) is 54.7 cm³/mol. The number of nitrogens with zero attached hydrogens (tertiary/aromatic N) is 2. The van der Waals surface area contributed by atoms with Crippen molar-refractivity contribution in [3.63, 3.8) is 0 Å². The van der Waals surface area contributed by atoms with E-state index in [1.165, 1.54) is 4.68 Å². The molecule has 1 aliphatic carbocycles. The molecule has 6 heteroatoms. The third kappa shape index (κ3) is 1.78. The van der Waals surface area contributed by atoms with Gasteiger partial charge in [0.2, 0.25) is 5.91 Å². The van der Waals surface area contributed by atoms with Crippen molar-refractivity contribution in [3.8, 4) is 0 Å². The molecule has 16 heavy (non-hydrogen) atoms. The zero-order valence-corrected chi connectivity index (χ0v) is 8.88. The van der Waals surface area contributed by atoms with Crippen molar-refractivity contribution in [3.05, 3.63) is 18.5 Å². The second kappa shape index (κ2) is 3.62. The van der Waals surface area contributed by atoms with Gasteiger partial charge in [0.1, 0.15) is 11.6 Å². The van der Waals surface area contributed by atoms with Gasteiger partial charge in [-0.3, -0.25) is 9.48 Å². The molecule has 1 fully saturated rings. The predicted octanol–water partition coefficient (Wildman–Crippen LogP) is 0.177. The Bertz CT molecular complexity index is 409. The first kappa shape index (κ1) is 10.7. The Balaban J connectivity index is 2.01. The molecule has 1 heterocycles. The average Bonchev–Trinajstić information content (AvgIpc) is 2.83. The van der Waals surface area contributed by atoms with Crippen molar-refractivity contribution in [2.45, 2.75) is 31.3 Å². The second-order valence-electron chi connectivity index (χ2n) is 4.04. The fraction of sp³-hybridized carbons (Fsp3) is 0.500. The molecule has 0 saturated heterocycles. The first-order valence-electron chi connectivity index (χ1n) is 5.10. The fourth-order valence-corrected chi connectivity index (χ4v) is 1.49. The number of carboxylic acid groups (broad SMARTS) is 1. The summed E-state index contributed by atoms with van der Waals surface area (Å²) in [6.45, 7) is 1.68. The third-order valence-corrected chi connectivity index (χ3v) is 2.82. The molecule has 1 saturated carbocycles. The van der Waals surface area contributed by atoms with Crippen molar-refractivity contribution in [1.82, 2.24) is 15.1 Å². The maximum absolute atomic E-state index is 11.8. The second-order valence-corrected chi connectivity index (χ2v) is 4.04. The number of hydrogen-bond donors (Lipinski definition) is 2. The normalized spacial score (nSPS) is 18.8. The largest absolute Gasteiger partial charge is 0.480 e. The van der Waals surface area contributed by atoms with Gasteiger partial charge in [0.25, 0.3) is 0 Å². The lowest BCUT2D eigenvalue weighted by molar-refractivity contribution is -0.143. The molecule has 1 unspecified atom stereocenters. The highest BCUT2D eigenvalue weighted by molar-refractivity contribution is 5.90. The smallest absolute Gasteiger partial charge is 0.329 e. The van der Waals surface area contributed by atoms with E-state index in [2.05, 4.69) is 10.4 Å². The van der Waals surface area contributed by atoms with Crippen molar-refractivity contribution < 1.29 is 14.7 Å². The molecule has 86 valence electrons. The molecule has 6 nitrogen and oxygen atoms in total. The highest BCUT2D eigenvalue weighted by atomic mass is 16.4. The van der Waals surface area contributed by atoms with E-state index in [0.717, 1.165) is 0 Å². The van der Waals surface area contributed by atoms with Crippen molar-refractivity contribution >= 4 is 11.9 Å². The summed E-state index contributed by atoms with van der Waals surface area (Å²) in [5, 5.41) is 15.4. The van der Waals surface area contributed by atoms with Crippen LogP contribution in [0.15, 0.2) is 18.5 Å². The van der Waals surface area contributed by atoms with Crippen LogP contribution in [0.5, 0.6) is 0 Å². The molecule has 1 aromatic rings. The van der Waals surface area contributed by atoms with Gasteiger partial charge in [-0.25, -0.2) is 4.79 Å². The Morgan fingerprint density at radius 2 is 2.25 bits per heavy atom. The van der Waals surface area contributed by atoms with Crippen LogP contribution in [0.2, 0.25) is 0 Å². The SMILES string of the molecule is CC(C(=O)NC1(C(=O)O)CC1)n1cccn1. The molecule has 1 aliphatic rings. The number of carboxylic acids is 1. The fourth-order valence-electron chi connectivity index (χ4n) is 1.49. The van der Waals surface area contributed by atoms with Crippen LogP contribution >= 0.6 is 0 Å². The summed E-state index contributed by atoms with van der Waals surface area (Å²) in [5.41, 5.74) is -1.03. The summed E-state index contributed by atoms with van der Waals surface area (Å²) in [5.74, 6) is -1.28.